The van der Waals surface area contributed by atoms with Crippen molar-refractivity contribution in [2.75, 3.05) is 11.5 Å². The van der Waals surface area contributed by atoms with Crippen LogP contribution in [0.15, 0.2) is 23.1 Å². The Morgan fingerprint density at radius 3 is 2.55 bits per heavy atom. The first-order valence-electron chi connectivity index (χ1n) is 6.29. The van der Waals surface area contributed by atoms with Crippen molar-refractivity contribution in [3.63, 3.8) is 0 Å². The third-order valence-electron chi connectivity index (χ3n) is 2.77. The molecule has 1 rings (SSSR count). The zero-order valence-corrected chi connectivity index (χ0v) is 13.3. The van der Waals surface area contributed by atoms with Gasteiger partial charge in [-0.2, -0.15) is 0 Å². The van der Waals surface area contributed by atoms with Crippen molar-refractivity contribution >= 4 is 40.7 Å². The second-order valence-corrected chi connectivity index (χ2v) is 6.24. The summed E-state index contributed by atoms with van der Waals surface area (Å²) in [6.45, 7) is 5.27. The van der Waals surface area contributed by atoms with Gasteiger partial charge in [0.25, 0.3) is 0 Å². The molecule has 4 nitrogen and oxygen atoms in total. The number of ketones is 1. The fraction of sp³-hybridized carbons (Fsp3) is 0.429. The van der Waals surface area contributed by atoms with Gasteiger partial charge in [-0.1, -0.05) is 31.5 Å². The van der Waals surface area contributed by atoms with E-state index in [1.807, 2.05) is 13.8 Å². The maximum absolute atomic E-state index is 11.9. The van der Waals surface area contributed by atoms with E-state index in [2.05, 4.69) is 5.32 Å². The number of nitrogen functional groups attached to an aromatic ring is 1. The van der Waals surface area contributed by atoms with Crippen molar-refractivity contribution in [3.05, 3.63) is 23.2 Å². The standard InChI is InChI=1S/C14H19ClN2O2S/c1-8(2)13(9(3)18)17-12(19)7-20-14-10(15)5-4-6-11(14)16/h4-6,8,13H,7,16H2,1-3H3,(H,17,19). The number of halogens is 1. The topological polar surface area (TPSA) is 72.2 Å². The van der Waals surface area contributed by atoms with Gasteiger partial charge >= 0.3 is 0 Å². The maximum Gasteiger partial charge on any atom is 0.230 e. The van der Waals surface area contributed by atoms with Gasteiger partial charge in [0, 0.05) is 10.6 Å². The normalized spacial score (nSPS) is 12.2. The molecule has 110 valence electrons. The summed E-state index contributed by atoms with van der Waals surface area (Å²) >= 11 is 7.30. The molecule has 6 heteroatoms. The highest BCUT2D eigenvalue weighted by Gasteiger charge is 2.20. The van der Waals surface area contributed by atoms with E-state index in [9.17, 15) is 9.59 Å². The monoisotopic (exact) mass is 314 g/mol. The molecule has 0 aromatic heterocycles. The quantitative estimate of drug-likeness (QED) is 0.625. The molecule has 0 heterocycles. The molecule has 1 amide bonds. The second kappa shape index (κ2) is 7.55. The van der Waals surface area contributed by atoms with Gasteiger partial charge in [-0.25, -0.2) is 0 Å². The number of rotatable bonds is 6. The van der Waals surface area contributed by atoms with E-state index in [-0.39, 0.29) is 23.4 Å². The maximum atomic E-state index is 11.9. The van der Waals surface area contributed by atoms with Crippen LogP contribution in [0.2, 0.25) is 5.02 Å². The van der Waals surface area contributed by atoms with E-state index in [0.29, 0.717) is 15.6 Å². The lowest BCUT2D eigenvalue weighted by Gasteiger charge is -2.19. The van der Waals surface area contributed by atoms with Crippen molar-refractivity contribution in [2.24, 2.45) is 5.92 Å². The molecule has 0 aliphatic heterocycles. The van der Waals surface area contributed by atoms with E-state index in [0.717, 1.165) is 0 Å². The number of carbonyl (C=O) groups excluding carboxylic acids is 2. The summed E-state index contributed by atoms with van der Waals surface area (Å²) in [6.07, 6.45) is 0. The number of anilines is 1. The van der Waals surface area contributed by atoms with E-state index >= 15 is 0 Å². The smallest absolute Gasteiger partial charge is 0.230 e. The fourth-order valence-electron chi connectivity index (χ4n) is 1.77. The van der Waals surface area contributed by atoms with Crippen LogP contribution < -0.4 is 11.1 Å². The molecule has 0 saturated heterocycles. The molecule has 0 bridgehead atoms. The molecular formula is C14H19ClN2O2S. The van der Waals surface area contributed by atoms with Crippen molar-refractivity contribution in [1.82, 2.24) is 5.32 Å². The van der Waals surface area contributed by atoms with Crippen LogP contribution in [0.3, 0.4) is 0 Å². The molecule has 0 fully saturated rings. The van der Waals surface area contributed by atoms with Crippen molar-refractivity contribution < 1.29 is 9.59 Å². The molecule has 0 aliphatic carbocycles. The summed E-state index contributed by atoms with van der Waals surface area (Å²) in [5.74, 6) is -0.0181. The summed E-state index contributed by atoms with van der Waals surface area (Å²) in [7, 11) is 0. The lowest BCUT2D eigenvalue weighted by molar-refractivity contribution is -0.126. The zero-order chi connectivity index (χ0) is 15.3. The predicted octanol–water partition coefficient (Wildman–Crippen LogP) is 2.74. The molecule has 1 unspecified atom stereocenters. The summed E-state index contributed by atoms with van der Waals surface area (Å²) in [5.41, 5.74) is 6.36. The number of thioether (sulfide) groups is 1. The zero-order valence-electron chi connectivity index (χ0n) is 11.8. The Balaban J connectivity index is 2.62. The van der Waals surface area contributed by atoms with Crippen LogP contribution in [0.4, 0.5) is 5.69 Å². The van der Waals surface area contributed by atoms with Gasteiger partial charge in [0.2, 0.25) is 5.91 Å². The van der Waals surface area contributed by atoms with Gasteiger partial charge in [-0.3, -0.25) is 9.59 Å². The van der Waals surface area contributed by atoms with Gasteiger partial charge in [-0.05, 0) is 25.0 Å². The summed E-state index contributed by atoms with van der Waals surface area (Å²) in [5, 5.41) is 3.25. The van der Waals surface area contributed by atoms with Crippen LogP contribution in [-0.2, 0) is 9.59 Å². The Hall–Kier alpha value is -1.20. The number of nitrogens with two attached hydrogens (primary N) is 1. The number of Topliss-reactive ketones (excluding diaryl/α,β-unsaturated/α-hetero) is 1. The van der Waals surface area contributed by atoms with Crippen LogP contribution in [0.5, 0.6) is 0 Å². The Bertz CT molecular complexity index is 486. The summed E-state index contributed by atoms with van der Waals surface area (Å²) in [6, 6.07) is 4.77. The average molecular weight is 315 g/mol. The van der Waals surface area contributed by atoms with Crippen molar-refractivity contribution in [2.45, 2.75) is 31.7 Å². The molecule has 3 N–H and O–H groups in total. The molecule has 1 atom stereocenters. The molecule has 0 radical (unpaired) electrons. The van der Waals surface area contributed by atoms with Crippen molar-refractivity contribution in [1.29, 1.82) is 0 Å². The second-order valence-electron chi connectivity index (χ2n) is 4.85. The number of benzene rings is 1. The van der Waals surface area contributed by atoms with E-state index in [4.69, 9.17) is 17.3 Å². The number of nitrogens with one attached hydrogen (secondary N) is 1. The Labute approximate surface area is 128 Å². The SMILES string of the molecule is CC(=O)C(NC(=O)CSc1c(N)cccc1Cl)C(C)C. The largest absolute Gasteiger partial charge is 0.398 e. The molecule has 0 aliphatic rings. The highest BCUT2D eigenvalue weighted by Crippen LogP contribution is 2.32. The van der Waals surface area contributed by atoms with Gasteiger partial charge in [0.1, 0.15) is 0 Å². The highest BCUT2D eigenvalue weighted by atomic mass is 35.5. The average Bonchev–Trinajstić information content (AvgIpc) is 2.34. The minimum Gasteiger partial charge on any atom is -0.398 e. The van der Waals surface area contributed by atoms with Gasteiger partial charge < -0.3 is 11.1 Å². The predicted molar refractivity (Wildman–Crippen MR) is 84.0 cm³/mol. The van der Waals surface area contributed by atoms with Crippen molar-refractivity contribution in [3.8, 4) is 0 Å². The van der Waals surface area contributed by atoms with E-state index in [1.54, 1.807) is 18.2 Å². The Morgan fingerprint density at radius 2 is 2.05 bits per heavy atom. The summed E-state index contributed by atoms with van der Waals surface area (Å²) in [4.78, 5) is 24.0. The molecule has 0 saturated carbocycles. The first-order chi connectivity index (χ1) is 9.32. The van der Waals surface area contributed by atoms with Crippen LogP contribution in [-0.4, -0.2) is 23.5 Å². The molecule has 20 heavy (non-hydrogen) atoms. The lowest BCUT2D eigenvalue weighted by atomic mass is 10.0. The third-order valence-corrected chi connectivity index (χ3v) is 4.34. The number of hydrogen-bond donors (Lipinski definition) is 2. The lowest BCUT2D eigenvalue weighted by Crippen LogP contribution is -2.44. The minimum absolute atomic E-state index is 0.0457. The number of amides is 1. The summed E-state index contributed by atoms with van der Waals surface area (Å²) < 4.78 is 0. The van der Waals surface area contributed by atoms with Gasteiger partial charge in [0.05, 0.1) is 16.8 Å². The first-order valence-corrected chi connectivity index (χ1v) is 7.66. The van der Waals surface area contributed by atoms with E-state index in [1.165, 1.54) is 18.7 Å². The minimum atomic E-state index is -0.452. The van der Waals surface area contributed by atoms with Crippen LogP contribution >= 0.6 is 23.4 Å². The van der Waals surface area contributed by atoms with E-state index < -0.39 is 6.04 Å². The van der Waals surface area contributed by atoms with Crippen LogP contribution in [0.1, 0.15) is 20.8 Å². The van der Waals surface area contributed by atoms with Gasteiger partial charge in [0.15, 0.2) is 5.78 Å². The molecule has 1 aromatic carbocycles. The molecule has 0 spiro atoms. The van der Waals surface area contributed by atoms with Crippen LogP contribution in [0.25, 0.3) is 0 Å². The Kier molecular flexibility index (Phi) is 6.36. The third kappa shape index (κ3) is 4.72. The Morgan fingerprint density at radius 1 is 1.40 bits per heavy atom. The van der Waals surface area contributed by atoms with Gasteiger partial charge in [-0.15, -0.1) is 11.8 Å². The number of carbonyl (C=O) groups is 2. The fourth-order valence-corrected chi connectivity index (χ4v) is 2.91. The first kappa shape index (κ1) is 16.9. The highest BCUT2D eigenvalue weighted by molar-refractivity contribution is 8.00. The molecular weight excluding hydrogens is 296 g/mol. The molecule has 1 aromatic rings. The van der Waals surface area contributed by atoms with Crippen LogP contribution in [0, 0.1) is 5.92 Å². The number of hydrogen-bond acceptors (Lipinski definition) is 4.